The average molecular weight is 401 g/mol. The van der Waals surface area contributed by atoms with Crippen LogP contribution in [-0.4, -0.2) is 11.4 Å². The van der Waals surface area contributed by atoms with Crippen LogP contribution in [0.5, 0.6) is 17.2 Å². The highest BCUT2D eigenvalue weighted by Crippen LogP contribution is 2.37. The minimum Gasteiger partial charge on any atom is -0.487 e. The van der Waals surface area contributed by atoms with Crippen LogP contribution in [-0.2, 0) is 11.8 Å². The highest BCUT2D eigenvalue weighted by molar-refractivity contribution is 6.09. The van der Waals surface area contributed by atoms with Gasteiger partial charge in [-0.05, 0) is 67.3 Å². The number of ether oxygens (including phenoxy) is 2. The summed E-state index contributed by atoms with van der Waals surface area (Å²) in [5.41, 5.74) is 3.61. The monoisotopic (exact) mass is 400 g/mol. The number of hydrogen-bond donors (Lipinski definition) is 0. The fourth-order valence-electron chi connectivity index (χ4n) is 3.75. The van der Waals surface area contributed by atoms with Gasteiger partial charge < -0.3 is 9.47 Å². The SMILES string of the molecule is CC1(C)Cc2cc(Oc3ccc(C(=O)c4ccc(C(C)(C)C)cc4)cc3)ccc2O1. The molecule has 154 valence electrons. The number of carbonyl (C=O) groups is 1. The first-order valence-corrected chi connectivity index (χ1v) is 10.4. The number of rotatable bonds is 4. The first-order chi connectivity index (χ1) is 14.1. The Hall–Kier alpha value is -3.07. The highest BCUT2D eigenvalue weighted by Gasteiger charge is 2.30. The predicted octanol–water partition coefficient (Wildman–Crippen LogP) is 6.72. The van der Waals surface area contributed by atoms with E-state index in [1.807, 2.05) is 66.7 Å². The lowest BCUT2D eigenvalue weighted by molar-refractivity contribution is 0.103. The third-order valence-electron chi connectivity index (χ3n) is 5.40. The third kappa shape index (κ3) is 4.25. The van der Waals surface area contributed by atoms with Crippen molar-refractivity contribution in [3.63, 3.8) is 0 Å². The van der Waals surface area contributed by atoms with Gasteiger partial charge >= 0.3 is 0 Å². The van der Waals surface area contributed by atoms with Gasteiger partial charge in [0.2, 0.25) is 0 Å². The van der Waals surface area contributed by atoms with Gasteiger partial charge in [0.25, 0.3) is 0 Å². The van der Waals surface area contributed by atoms with Gasteiger partial charge in [-0.25, -0.2) is 0 Å². The molecular weight excluding hydrogens is 372 g/mol. The molecule has 0 unspecified atom stereocenters. The lowest BCUT2D eigenvalue weighted by Crippen LogP contribution is -2.24. The van der Waals surface area contributed by atoms with E-state index in [0.717, 1.165) is 23.5 Å². The van der Waals surface area contributed by atoms with Gasteiger partial charge in [0.05, 0.1) is 0 Å². The van der Waals surface area contributed by atoms with E-state index in [9.17, 15) is 4.79 Å². The molecule has 0 aliphatic carbocycles. The summed E-state index contributed by atoms with van der Waals surface area (Å²) in [4.78, 5) is 12.8. The van der Waals surface area contributed by atoms with Gasteiger partial charge in [0.1, 0.15) is 22.8 Å². The lowest BCUT2D eigenvalue weighted by Gasteiger charge is -2.19. The van der Waals surface area contributed by atoms with Crippen molar-refractivity contribution < 1.29 is 14.3 Å². The average Bonchev–Trinajstić information content (AvgIpc) is 3.00. The Balaban J connectivity index is 1.46. The second-order valence-corrected chi connectivity index (χ2v) is 9.59. The van der Waals surface area contributed by atoms with Crippen LogP contribution in [0.4, 0.5) is 0 Å². The molecule has 3 nitrogen and oxygen atoms in total. The van der Waals surface area contributed by atoms with Gasteiger partial charge in [0.15, 0.2) is 5.78 Å². The van der Waals surface area contributed by atoms with Crippen molar-refractivity contribution in [2.75, 3.05) is 0 Å². The quantitative estimate of drug-likeness (QED) is 0.456. The van der Waals surface area contributed by atoms with E-state index < -0.39 is 0 Å². The maximum atomic E-state index is 12.8. The molecule has 0 fully saturated rings. The van der Waals surface area contributed by atoms with E-state index in [2.05, 4.69) is 34.6 Å². The maximum absolute atomic E-state index is 12.8. The number of carbonyl (C=O) groups excluding carboxylic acids is 1. The number of hydrogen-bond acceptors (Lipinski definition) is 3. The molecule has 0 N–H and O–H groups in total. The van der Waals surface area contributed by atoms with E-state index in [0.29, 0.717) is 16.9 Å². The Morgan fingerprint density at radius 2 is 1.43 bits per heavy atom. The summed E-state index contributed by atoms with van der Waals surface area (Å²) in [5, 5.41) is 0. The molecule has 1 heterocycles. The standard InChI is InChI=1S/C27H28O3/c1-26(2,3)21-10-6-18(7-11-21)25(28)19-8-12-22(13-9-19)29-23-14-15-24-20(16-23)17-27(4,5)30-24/h6-16H,17H2,1-5H3. The van der Waals surface area contributed by atoms with E-state index in [4.69, 9.17) is 9.47 Å². The summed E-state index contributed by atoms with van der Waals surface area (Å²) >= 11 is 0. The Morgan fingerprint density at radius 1 is 0.867 bits per heavy atom. The minimum absolute atomic E-state index is 0.0129. The lowest BCUT2D eigenvalue weighted by atomic mass is 9.86. The van der Waals surface area contributed by atoms with Gasteiger partial charge in [-0.1, -0.05) is 45.0 Å². The second-order valence-electron chi connectivity index (χ2n) is 9.59. The second kappa shape index (κ2) is 7.32. The van der Waals surface area contributed by atoms with Crippen molar-refractivity contribution in [3.8, 4) is 17.2 Å². The molecule has 0 saturated carbocycles. The molecule has 0 spiro atoms. The molecule has 3 aromatic carbocycles. The zero-order valence-corrected chi connectivity index (χ0v) is 18.3. The van der Waals surface area contributed by atoms with Gasteiger partial charge in [-0.2, -0.15) is 0 Å². The van der Waals surface area contributed by atoms with Gasteiger partial charge in [0, 0.05) is 23.1 Å². The number of benzene rings is 3. The van der Waals surface area contributed by atoms with Crippen molar-refractivity contribution in [3.05, 3.63) is 89.0 Å². The smallest absolute Gasteiger partial charge is 0.193 e. The van der Waals surface area contributed by atoms with Crippen LogP contribution >= 0.6 is 0 Å². The zero-order valence-electron chi connectivity index (χ0n) is 18.3. The molecule has 0 amide bonds. The minimum atomic E-state index is -0.173. The van der Waals surface area contributed by atoms with Crippen molar-refractivity contribution >= 4 is 5.78 Å². The molecule has 0 aromatic heterocycles. The van der Waals surface area contributed by atoms with Gasteiger partial charge in [-0.3, -0.25) is 4.79 Å². The van der Waals surface area contributed by atoms with Crippen LogP contribution in [0.3, 0.4) is 0 Å². The summed E-state index contributed by atoms with van der Waals surface area (Å²) in [6, 6.07) is 21.1. The van der Waals surface area contributed by atoms with Crippen LogP contribution in [0, 0.1) is 0 Å². The fraction of sp³-hybridized carbons (Fsp3) is 0.296. The van der Waals surface area contributed by atoms with Crippen molar-refractivity contribution in [1.82, 2.24) is 0 Å². The molecule has 0 radical (unpaired) electrons. The molecule has 4 rings (SSSR count). The first kappa shape index (κ1) is 20.2. The summed E-state index contributed by atoms with van der Waals surface area (Å²) in [7, 11) is 0. The summed E-state index contributed by atoms with van der Waals surface area (Å²) in [5.74, 6) is 2.41. The normalized spacial score (nSPS) is 14.7. The molecule has 1 aliphatic rings. The third-order valence-corrected chi connectivity index (χ3v) is 5.40. The Bertz CT molecular complexity index is 1070. The molecule has 3 aromatic rings. The maximum Gasteiger partial charge on any atom is 0.193 e. The highest BCUT2D eigenvalue weighted by atomic mass is 16.5. The Kier molecular flexibility index (Phi) is 4.93. The largest absolute Gasteiger partial charge is 0.487 e. The topological polar surface area (TPSA) is 35.5 Å². The van der Waals surface area contributed by atoms with E-state index >= 15 is 0 Å². The predicted molar refractivity (Wildman–Crippen MR) is 120 cm³/mol. The first-order valence-electron chi connectivity index (χ1n) is 10.4. The fourth-order valence-corrected chi connectivity index (χ4v) is 3.75. The summed E-state index contributed by atoms with van der Waals surface area (Å²) < 4.78 is 11.9. The molecule has 1 aliphatic heterocycles. The molecular formula is C27H28O3. The van der Waals surface area contributed by atoms with Crippen molar-refractivity contribution in [1.29, 1.82) is 0 Å². The molecule has 0 atom stereocenters. The van der Waals surface area contributed by atoms with Crippen molar-refractivity contribution in [2.45, 2.75) is 52.1 Å². The number of fused-ring (bicyclic) bond motifs is 1. The molecule has 0 bridgehead atoms. The molecule has 30 heavy (non-hydrogen) atoms. The van der Waals surface area contributed by atoms with Crippen LogP contribution in [0.1, 0.15) is 61.7 Å². The van der Waals surface area contributed by atoms with Crippen molar-refractivity contribution in [2.24, 2.45) is 0 Å². The Morgan fingerprint density at radius 3 is 2.03 bits per heavy atom. The van der Waals surface area contributed by atoms with Crippen LogP contribution in [0.2, 0.25) is 0 Å². The van der Waals surface area contributed by atoms with E-state index in [1.54, 1.807) is 0 Å². The molecule has 0 saturated heterocycles. The van der Waals surface area contributed by atoms with Gasteiger partial charge in [-0.15, -0.1) is 0 Å². The zero-order chi connectivity index (χ0) is 21.5. The van der Waals surface area contributed by atoms with Crippen LogP contribution in [0.15, 0.2) is 66.7 Å². The van der Waals surface area contributed by atoms with E-state index in [-0.39, 0.29) is 16.8 Å². The summed E-state index contributed by atoms with van der Waals surface area (Å²) in [6.07, 6.45) is 0.862. The van der Waals surface area contributed by atoms with Crippen LogP contribution < -0.4 is 9.47 Å². The number of ketones is 1. The Labute approximate surface area is 178 Å². The summed E-state index contributed by atoms with van der Waals surface area (Å²) in [6.45, 7) is 10.7. The van der Waals surface area contributed by atoms with E-state index in [1.165, 1.54) is 5.56 Å². The van der Waals surface area contributed by atoms with Crippen LogP contribution in [0.25, 0.3) is 0 Å². The molecule has 3 heteroatoms.